The van der Waals surface area contributed by atoms with E-state index in [9.17, 15) is 0 Å². The summed E-state index contributed by atoms with van der Waals surface area (Å²) in [5.74, 6) is 1.44. The second-order valence-corrected chi connectivity index (χ2v) is 4.29. The molecular weight excluding hydrogens is 228 g/mol. The van der Waals surface area contributed by atoms with E-state index in [-0.39, 0.29) is 6.04 Å². The fourth-order valence-corrected chi connectivity index (χ4v) is 1.98. The molecule has 0 amide bonds. The van der Waals surface area contributed by atoms with E-state index in [0.717, 1.165) is 23.5 Å². The van der Waals surface area contributed by atoms with Gasteiger partial charge in [0.05, 0.1) is 20.3 Å². The van der Waals surface area contributed by atoms with E-state index in [4.69, 9.17) is 14.7 Å². The molecule has 1 aromatic rings. The number of ether oxygens (including phenoxy) is 2. The fraction of sp³-hybridized carbons (Fsp3) is 0.500. The maximum atomic E-state index is 8.71. The Hall–Kier alpha value is -1.73. The zero-order valence-electron chi connectivity index (χ0n) is 11.4. The van der Waals surface area contributed by atoms with Crippen LogP contribution in [0.25, 0.3) is 0 Å². The summed E-state index contributed by atoms with van der Waals surface area (Å²) in [5, 5.41) is 8.71. The molecule has 0 aliphatic rings. The first-order valence-corrected chi connectivity index (χ1v) is 5.89. The van der Waals surface area contributed by atoms with Gasteiger partial charge >= 0.3 is 0 Å². The van der Waals surface area contributed by atoms with Gasteiger partial charge in [-0.3, -0.25) is 0 Å². The molecule has 1 aromatic carbocycles. The van der Waals surface area contributed by atoms with Gasteiger partial charge in [0.1, 0.15) is 0 Å². The maximum absolute atomic E-state index is 8.71. The van der Waals surface area contributed by atoms with E-state index in [1.165, 1.54) is 0 Å². The summed E-state index contributed by atoms with van der Waals surface area (Å²) in [4.78, 5) is 2.11. The van der Waals surface area contributed by atoms with Crippen molar-refractivity contribution in [2.75, 3.05) is 28.3 Å². The molecule has 1 rings (SSSR count). The van der Waals surface area contributed by atoms with Crippen molar-refractivity contribution < 1.29 is 9.47 Å². The Morgan fingerprint density at radius 1 is 1.22 bits per heavy atom. The molecule has 0 saturated heterocycles. The monoisotopic (exact) mass is 248 g/mol. The van der Waals surface area contributed by atoms with Crippen molar-refractivity contribution in [2.24, 2.45) is 0 Å². The number of hydrogen-bond donors (Lipinski definition) is 0. The second kappa shape index (κ2) is 6.87. The quantitative estimate of drug-likeness (QED) is 0.776. The summed E-state index contributed by atoms with van der Waals surface area (Å²) < 4.78 is 10.5. The Morgan fingerprint density at radius 2 is 1.89 bits per heavy atom. The van der Waals surface area contributed by atoms with Crippen LogP contribution in [-0.2, 0) is 0 Å². The third kappa shape index (κ3) is 3.38. The highest BCUT2D eigenvalue weighted by molar-refractivity contribution is 5.43. The summed E-state index contributed by atoms with van der Waals surface area (Å²) in [6, 6.07) is 8.29. The van der Waals surface area contributed by atoms with Crippen LogP contribution in [0.4, 0.5) is 0 Å². The Morgan fingerprint density at radius 3 is 2.39 bits per heavy atom. The Labute approximate surface area is 109 Å². The molecule has 4 heteroatoms. The van der Waals surface area contributed by atoms with Gasteiger partial charge < -0.3 is 14.4 Å². The molecule has 1 atom stereocenters. The van der Waals surface area contributed by atoms with Crippen LogP contribution >= 0.6 is 0 Å². The lowest BCUT2D eigenvalue weighted by atomic mass is 10.0. The van der Waals surface area contributed by atoms with Crippen molar-refractivity contribution in [1.29, 1.82) is 5.26 Å². The van der Waals surface area contributed by atoms with Crippen molar-refractivity contribution in [3.05, 3.63) is 23.8 Å². The lowest BCUT2D eigenvalue weighted by Gasteiger charge is -2.24. The standard InChI is InChI=1S/C14H20N2O2/c1-16(2)12(6-5-9-15)11-7-8-13(17-3)14(10-11)18-4/h7-8,10,12H,5-6H2,1-4H3. The summed E-state index contributed by atoms with van der Waals surface area (Å²) in [6.45, 7) is 0. The smallest absolute Gasteiger partial charge is 0.161 e. The van der Waals surface area contributed by atoms with Gasteiger partial charge in [-0.25, -0.2) is 0 Å². The third-order valence-electron chi connectivity index (χ3n) is 2.95. The summed E-state index contributed by atoms with van der Waals surface area (Å²) in [6.07, 6.45) is 1.34. The van der Waals surface area contributed by atoms with Gasteiger partial charge in [-0.1, -0.05) is 6.07 Å². The van der Waals surface area contributed by atoms with E-state index in [1.807, 2.05) is 32.3 Å². The minimum absolute atomic E-state index is 0.212. The normalized spacial score (nSPS) is 12.0. The molecule has 0 radical (unpaired) electrons. The van der Waals surface area contributed by atoms with Crippen LogP contribution in [-0.4, -0.2) is 33.2 Å². The van der Waals surface area contributed by atoms with E-state index in [2.05, 4.69) is 11.0 Å². The molecule has 0 aromatic heterocycles. The van der Waals surface area contributed by atoms with Gasteiger partial charge in [-0.2, -0.15) is 5.26 Å². The van der Waals surface area contributed by atoms with E-state index in [1.54, 1.807) is 14.2 Å². The molecule has 4 nitrogen and oxygen atoms in total. The average molecular weight is 248 g/mol. The van der Waals surface area contributed by atoms with Crippen molar-refractivity contribution >= 4 is 0 Å². The van der Waals surface area contributed by atoms with Gasteiger partial charge in [-0.15, -0.1) is 0 Å². The zero-order chi connectivity index (χ0) is 13.5. The third-order valence-corrected chi connectivity index (χ3v) is 2.95. The molecular formula is C14H20N2O2. The largest absolute Gasteiger partial charge is 0.493 e. The van der Waals surface area contributed by atoms with Crippen molar-refractivity contribution in [3.63, 3.8) is 0 Å². The number of nitrogens with zero attached hydrogens (tertiary/aromatic N) is 2. The number of nitriles is 1. The second-order valence-electron chi connectivity index (χ2n) is 4.29. The van der Waals surface area contributed by atoms with E-state index in [0.29, 0.717) is 6.42 Å². The Balaban J connectivity index is 3.02. The molecule has 98 valence electrons. The molecule has 0 spiro atoms. The maximum Gasteiger partial charge on any atom is 0.161 e. The van der Waals surface area contributed by atoms with Gasteiger partial charge in [0.15, 0.2) is 11.5 Å². The molecule has 0 fully saturated rings. The summed E-state index contributed by atoms with van der Waals surface area (Å²) in [7, 11) is 7.27. The summed E-state index contributed by atoms with van der Waals surface area (Å²) >= 11 is 0. The number of rotatable bonds is 6. The lowest BCUT2D eigenvalue weighted by Crippen LogP contribution is -2.19. The lowest BCUT2D eigenvalue weighted by molar-refractivity contribution is 0.284. The highest BCUT2D eigenvalue weighted by Gasteiger charge is 2.16. The Bertz CT molecular complexity index is 424. The molecule has 0 N–H and O–H groups in total. The minimum atomic E-state index is 0.212. The molecule has 0 heterocycles. The predicted molar refractivity (Wildman–Crippen MR) is 70.8 cm³/mol. The first kappa shape index (κ1) is 14.3. The van der Waals surface area contributed by atoms with Crippen molar-refractivity contribution in [3.8, 4) is 17.6 Å². The topological polar surface area (TPSA) is 45.5 Å². The Kier molecular flexibility index (Phi) is 5.47. The van der Waals surface area contributed by atoms with Crippen molar-refractivity contribution in [2.45, 2.75) is 18.9 Å². The number of hydrogen-bond acceptors (Lipinski definition) is 4. The zero-order valence-corrected chi connectivity index (χ0v) is 11.4. The van der Waals surface area contributed by atoms with Crippen molar-refractivity contribution in [1.82, 2.24) is 4.90 Å². The number of methoxy groups -OCH3 is 2. The average Bonchev–Trinajstić information content (AvgIpc) is 2.38. The van der Waals surface area contributed by atoms with Gasteiger partial charge in [-0.05, 0) is 38.2 Å². The van der Waals surface area contributed by atoms with Crippen LogP contribution in [0, 0.1) is 11.3 Å². The first-order valence-electron chi connectivity index (χ1n) is 5.89. The summed E-state index contributed by atoms with van der Waals surface area (Å²) in [5.41, 5.74) is 1.13. The van der Waals surface area contributed by atoms with Crippen LogP contribution in [0.5, 0.6) is 11.5 Å². The van der Waals surface area contributed by atoms with Crippen LogP contribution < -0.4 is 9.47 Å². The minimum Gasteiger partial charge on any atom is -0.493 e. The first-order chi connectivity index (χ1) is 8.63. The highest BCUT2D eigenvalue weighted by atomic mass is 16.5. The van der Waals surface area contributed by atoms with Crippen LogP contribution in [0.2, 0.25) is 0 Å². The van der Waals surface area contributed by atoms with Gasteiger partial charge in [0.25, 0.3) is 0 Å². The molecule has 0 aliphatic heterocycles. The number of benzene rings is 1. The SMILES string of the molecule is COc1ccc(C(CCC#N)N(C)C)cc1OC. The van der Waals surface area contributed by atoms with Gasteiger partial charge in [0, 0.05) is 12.5 Å². The van der Waals surface area contributed by atoms with Crippen LogP contribution in [0.15, 0.2) is 18.2 Å². The van der Waals surface area contributed by atoms with E-state index < -0.39 is 0 Å². The van der Waals surface area contributed by atoms with E-state index >= 15 is 0 Å². The highest BCUT2D eigenvalue weighted by Crippen LogP contribution is 2.32. The predicted octanol–water partition coefficient (Wildman–Crippen LogP) is 2.61. The molecule has 0 aliphatic carbocycles. The van der Waals surface area contributed by atoms with Gasteiger partial charge in [0.2, 0.25) is 0 Å². The molecule has 1 unspecified atom stereocenters. The fourth-order valence-electron chi connectivity index (χ4n) is 1.98. The van der Waals surface area contributed by atoms with Crippen LogP contribution in [0.3, 0.4) is 0 Å². The molecule has 0 bridgehead atoms. The molecule has 0 saturated carbocycles. The molecule has 18 heavy (non-hydrogen) atoms. The van der Waals surface area contributed by atoms with Crippen LogP contribution in [0.1, 0.15) is 24.4 Å².